The summed E-state index contributed by atoms with van der Waals surface area (Å²) in [6.07, 6.45) is 1.32. The molecule has 1 unspecified atom stereocenters. The van der Waals surface area contributed by atoms with Crippen LogP contribution in [0.5, 0.6) is 5.75 Å². The van der Waals surface area contributed by atoms with Gasteiger partial charge < -0.3 is 10.1 Å². The SMILES string of the molecule is CNC(=O)C1CCCN(S(=O)(=O)c2cc(Cl)ccc2OC)C1. The molecule has 0 bridgehead atoms. The van der Waals surface area contributed by atoms with Crippen LogP contribution in [-0.2, 0) is 14.8 Å². The number of carbonyl (C=O) groups is 1. The summed E-state index contributed by atoms with van der Waals surface area (Å²) in [4.78, 5) is 11.8. The van der Waals surface area contributed by atoms with E-state index in [1.54, 1.807) is 13.1 Å². The zero-order valence-electron chi connectivity index (χ0n) is 12.5. The number of hydrogen-bond donors (Lipinski definition) is 1. The van der Waals surface area contributed by atoms with Crippen molar-refractivity contribution in [3.8, 4) is 5.75 Å². The summed E-state index contributed by atoms with van der Waals surface area (Å²) in [5, 5.41) is 2.89. The van der Waals surface area contributed by atoms with Gasteiger partial charge in [-0.15, -0.1) is 0 Å². The highest BCUT2D eigenvalue weighted by atomic mass is 35.5. The number of ether oxygens (including phenoxy) is 1. The summed E-state index contributed by atoms with van der Waals surface area (Å²) < 4.78 is 32.1. The number of methoxy groups -OCH3 is 1. The number of hydrogen-bond acceptors (Lipinski definition) is 4. The van der Waals surface area contributed by atoms with Crippen LogP contribution in [0.4, 0.5) is 0 Å². The summed E-state index contributed by atoms with van der Waals surface area (Å²) in [6.45, 7) is 0.545. The first-order valence-corrected chi connectivity index (χ1v) is 8.77. The lowest BCUT2D eigenvalue weighted by Gasteiger charge is -2.31. The molecule has 1 aromatic rings. The molecule has 1 heterocycles. The average molecular weight is 347 g/mol. The molecule has 8 heteroatoms. The topological polar surface area (TPSA) is 75.7 Å². The Morgan fingerprint density at radius 1 is 1.45 bits per heavy atom. The van der Waals surface area contributed by atoms with E-state index in [0.717, 1.165) is 0 Å². The third-order valence-corrected chi connectivity index (χ3v) is 5.87. The first kappa shape index (κ1) is 17.1. The van der Waals surface area contributed by atoms with E-state index in [4.69, 9.17) is 16.3 Å². The molecule has 1 saturated heterocycles. The molecule has 0 spiro atoms. The van der Waals surface area contributed by atoms with Crippen LogP contribution in [-0.4, -0.2) is 45.9 Å². The molecule has 122 valence electrons. The Hall–Kier alpha value is -1.31. The number of halogens is 1. The summed E-state index contributed by atoms with van der Waals surface area (Å²) >= 11 is 5.92. The van der Waals surface area contributed by atoms with Gasteiger partial charge in [0.25, 0.3) is 0 Å². The molecular weight excluding hydrogens is 328 g/mol. The van der Waals surface area contributed by atoms with Gasteiger partial charge in [0.2, 0.25) is 15.9 Å². The van der Waals surface area contributed by atoms with Crippen molar-refractivity contribution in [3.63, 3.8) is 0 Å². The molecular formula is C14H19ClN2O4S. The second-order valence-corrected chi connectivity index (χ2v) is 7.45. The van der Waals surface area contributed by atoms with Gasteiger partial charge >= 0.3 is 0 Å². The number of nitrogens with one attached hydrogen (secondary N) is 1. The van der Waals surface area contributed by atoms with Crippen molar-refractivity contribution in [2.45, 2.75) is 17.7 Å². The molecule has 0 aromatic heterocycles. The normalized spacial score (nSPS) is 19.7. The van der Waals surface area contributed by atoms with Gasteiger partial charge in [-0.1, -0.05) is 11.6 Å². The van der Waals surface area contributed by atoms with Crippen molar-refractivity contribution in [1.82, 2.24) is 9.62 Å². The first-order chi connectivity index (χ1) is 10.4. The van der Waals surface area contributed by atoms with Crippen LogP contribution < -0.4 is 10.1 Å². The maximum Gasteiger partial charge on any atom is 0.246 e. The highest BCUT2D eigenvalue weighted by Gasteiger charge is 2.34. The van der Waals surface area contributed by atoms with Crippen molar-refractivity contribution < 1.29 is 17.9 Å². The Labute approximate surface area is 135 Å². The fourth-order valence-corrected chi connectivity index (χ4v) is 4.51. The highest BCUT2D eigenvalue weighted by molar-refractivity contribution is 7.89. The molecule has 1 aliphatic heterocycles. The monoisotopic (exact) mass is 346 g/mol. The largest absolute Gasteiger partial charge is 0.495 e. The van der Waals surface area contributed by atoms with Crippen molar-refractivity contribution in [2.75, 3.05) is 27.2 Å². The van der Waals surface area contributed by atoms with E-state index in [0.29, 0.717) is 24.4 Å². The average Bonchev–Trinajstić information content (AvgIpc) is 2.54. The van der Waals surface area contributed by atoms with Gasteiger partial charge in [-0.3, -0.25) is 4.79 Å². The van der Waals surface area contributed by atoms with E-state index in [-0.39, 0.29) is 29.0 Å². The van der Waals surface area contributed by atoms with Gasteiger partial charge in [0, 0.05) is 25.2 Å². The van der Waals surface area contributed by atoms with Crippen molar-refractivity contribution in [3.05, 3.63) is 23.2 Å². The molecule has 1 N–H and O–H groups in total. The molecule has 1 aliphatic rings. The van der Waals surface area contributed by atoms with Crippen molar-refractivity contribution in [1.29, 1.82) is 0 Å². The molecule has 0 saturated carbocycles. The number of piperidine rings is 1. The highest BCUT2D eigenvalue weighted by Crippen LogP contribution is 2.31. The molecule has 0 aliphatic carbocycles. The third-order valence-electron chi connectivity index (χ3n) is 3.74. The van der Waals surface area contributed by atoms with Gasteiger partial charge in [0.05, 0.1) is 13.0 Å². The number of amides is 1. The van der Waals surface area contributed by atoms with Crippen LogP contribution in [0.25, 0.3) is 0 Å². The molecule has 22 heavy (non-hydrogen) atoms. The minimum absolute atomic E-state index is 0.0278. The van der Waals surface area contributed by atoms with Crippen molar-refractivity contribution in [2.24, 2.45) is 5.92 Å². The zero-order valence-corrected chi connectivity index (χ0v) is 14.1. The van der Waals surface area contributed by atoms with Crippen LogP contribution in [0.3, 0.4) is 0 Å². The van der Waals surface area contributed by atoms with Gasteiger partial charge in [-0.25, -0.2) is 8.42 Å². The number of nitrogens with zero attached hydrogens (tertiary/aromatic N) is 1. The second-order valence-electron chi connectivity index (χ2n) is 5.11. The number of sulfonamides is 1. The quantitative estimate of drug-likeness (QED) is 0.896. The molecule has 1 atom stereocenters. The van der Waals surface area contributed by atoms with Crippen molar-refractivity contribution >= 4 is 27.5 Å². The number of benzene rings is 1. The van der Waals surface area contributed by atoms with Crippen LogP contribution >= 0.6 is 11.6 Å². The lowest BCUT2D eigenvalue weighted by Crippen LogP contribution is -2.44. The van der Waals surface area contributed by atoms with E-state index in [2.05, 4.69) is 5.32 Å². The lowest BCUT2D eigenvalue weighted by molar-refractivity contribution is -0.125. The Kier molecular flexibility index (Phi) is 5.31. The Morgan fingerprint density at radius 2 is 2.18 bits per heavy atom. The van der Waals surface area contributed by atoms with E-state index in [9.17, 15) is 13.2 Å². The van der Waals surface area contributed by atoms with Gasteiger partial charge in [0.1, 0.15) is 10.6 Å². The maximum absolute atomic E-state index is 12.8. The fraction of sp³-hybridized carbons (Fsp3) is 0.500. The number of carbonyl (C=O) groups excluding carboxylic acids is 1. The molecule has 0 radical (unpaired) electrons. The lowest BCUT2D eigenvalue weighted by atomic mass is 9.99. The van der Waals surface area contributed by atoms with Gasteiger partial charge in [-0.2, -0.15) is 4.31 Å². The summed E-state index contributed by atoms with van der Waals surface area (Å²) in [6, 6.07) is 4.47. The Balaban J connectivity index is 2.34. The minimum Gasteiger partial charge on any atom is -0.495 e. The van der Waals surface area contributed by atoms with E-state index in [1.807, 2.05) is 0 Å². The van der Waals surface area contributed by atoms with Crippen LogP contribution in [0.15, 0.2) is 23.1 Å². The maximum atomic E-state index is 12.8. The predicted molar refractivity (Wildman–Crippen MR) is 83.6 cm³/mol. The first-order valence-electron chi connectivity index (χ1n) is 6.95. The summed E-state index contributed by atoms with van der Waals surface area (Å²) in [7, 11) is -0.798. The molecule has 1 aromatic carbocycles. The zero-order chi connectivity index (χ0) is 16.3. The second kappa shape index (κ2) is 6.85. The summed E-state index contributed by atoms with van der Waals surface area (Å²) in [5.74, 6) is -0.233. The van der Waals surface area contributed by atoms with Crippen LogP contribution in [0.1, 0.15) is 12.8 Å². The van der Waals surface area contributed by atoms with E-state index >= 15 is 0 Å². The van der Waals surface area contributed by atoms with Gasteiger partial charge in [-0.05, 0) is 31.0 Å². The molecule has 1 fully saturated rings. The third kappa shape index (κ3) is 3.37. The van der Waals surface area contributed by atoms with Crippen LogP contribution in [0.2, 0.25) is 5.02 Å². The summed E-state index contributed by atoms with van der Waals surface area (Å²) in [5.41, 5.74) is 0. The van der Waals surface area contributed by atoms with Gasteiger partial charge in [0.15, 0.2) is 0 Å². The Morgan fingerprint density at radius 3 is 2.82 bits per heavy atom. The van der Waals surface area contributed by atoms with E-state index < -0.39 is 10.0 Å². The smallest absolute Gasteiger partial charge is 0.246 e. The number of rotatable bonds is 4. The standard InChI is InChI=1S/C14H19ClN2O4S/c1-16-14(18)10-4-3-7-17(9-10)22(19,20)13-8-11(15)5-6-12(13)21-2/h5-6,8,10H,3-4,7,9H2,1-2H3,(H,16,18). The van der Waals surface area contributed by atoms with Crippen LogP contribution in [0, 0.1) is 5.92 Å². The minimum atomic E-state index is -3.76. The van der Waals surface area contributed by atoms with E-state index in [1.165, 1.54) is 23.5 Å². The predicted octanol–water partition coefficient (Wildman–Crippen LogP) is 1.50. The molecule has 1 amide bonds. The molecule has 6 nitrogen and oxygen atoms in total. The molecule has 2 rings (SSSR count). The fourth-order valence-electron chi connectivity index (χ4n) is 2.57. The Bertz CT molecular complexity index is 663.